The second kappa shape index (κ2) is 10.7. The zero-order valence-electron chi connectivity index (χ0n) is 19.7. The van der Waals surface area contributed by atoms with Gasteiger partial charge in [-0.05, 0) is 67.8 Å². The van der Waals surface area contributed by atoms with Crippen LogP contribution in [0, 0.1) is 6.92 Å². The largest absolute Gasteiger partial charge is 0.322 e. The van der Waals surface area contributed by atoms with E-state index in [1.54, 1.807) is 37.3 Å². The van der Waals surface area contributed by atoms with Crippen LogP contribution < -0.4 is 10.0 Å². The Bertz CT molecular complexity index is 1430. The quantitative estimate of drug-likeness (QED) is 0.457. The third-order valence-corrected chi connectivity index (χ3v) is 8.91. The average Bonchev–Trinajstić information content (AvgIpc) is 2.85. The molecule has 1 aliphatic rings. The Hall–Kier alpha value is -3.35. The molecule has 2 aromatic carbocycles. The third-order valence-electron chi connectivity index (χ3n) is 5.72. The fraction of sp³-hybridized carbons (Fsp3) is 0.292. The van der Waals surface area contributed by atoms with Gasteiger partial charge in [-0.15, -0.1) is 0 Å². The molecule has 3 aromatic rings. The summed E-state index contributed by atoms with van der Waals surface area (Å²) >= 11 is 0. The molecule has 190 valence electrons. The molecule has 0 spiro atoms. The number of aryl methyl sites for hydroxylation is 1. The number of rotatable bonds is 8. The second-order valence-corrected chi connectivity index (χ2v) is 12.2. The van der Waals surface area contributed by atoms with Crippen molar-refractivity contribution in [1.82, 2.24) is 14.3 Å². The number of nitrogens with one attached hydrogen (secondary N) is 2. The minimum atomic E-state index is -3.90. The SMILES string of the molecule is Cc1ccnc(NS(=O)(=O)c2ccc(NC(=O)c3ccc(CS(=O)(=O)N4CCCCC4)cc3)cc2)n1. The maximum Gasteiger partial charge on any atom is 0.264 e. The van der Waals surface area contributed by atoms with Crippen LogP contribution in [0.2, 0.25) is 0 Å². The summed E-state index contributed by atoms with van der Waals surface area (Å²) < 4.78 is 54.2. The summed E-state index contributed by atoms with van der Waals surface area (Å²) in [5.41, 5.74) is 1.99. The van der Waals surface area contributed by atoms with E-state index in [1.807, 2.05) is 0 Å². The highest BCUT2D eigenvalue weighted by atomic mass is 32.2. The maximum absolute atomic E-state index is 12.6. The van der Waals surface area contributed by atoms with Crippen LogP contribution in [0.15, 0.2) is 65.7 Å². The van der Waals surface area contributed by atoms with Crippen molar-refractivity contribution in [1.29, 1.82) is 0 Å². The topological polar surface area (TPSA) is 138 Å². The number of aromatic nitrogens is 2. The van der Waals surface area contributed by atoms with Crippen LogP contribution in [0.4, 0.5) is 11.6 Å². The summed E-state index contributed by atoms with van der Waals surface area (Å²) in [5, 5.41) is 2.71. The highest BCUT2D eigenvalue weighted by Gasteiger charge is 2.24. The van der Waals surface area contributed by atoms with E-state index < -0.39 is 26.0 Å². The van der Waals surface area contributed by atoms with Gasteiger partial charge < -0.3 is 5.32 Å². The lowest BCUT2D eigenvalue weighted by Crippen LogP contribution is -2.36. The fourth-order valence-corrected chi connectivity index (χ4v) is 6.36. The normalized spacial score (nSPS) is 14.8. The van der Waals surface area contributed by atoms with Crippen molar-refractivity contribution in [3.63, 3.8) is 0 Å². The number of hydrogen-bond acceptors (Lipinski definition) is 7. The van der Waals surface area contributed by atoms with E-state index in [-0.39, 0.29) is 16.6 Å². The molecule has 1 aliphatic heterocycles. The molecule has 2 heterocycles. The smallest absolute Gasteiger partial charge is 0.264 e. The first kappa shape index (κ1) is 25.7. The van der Waals surface area contributed by atoms with Crippen LogP contribution in [0.3, 0.4) is 0 Å². The monoisotopic (exact) mass is 529 g/mol. The number of anilines is 2. The molecule has 1 fully saturated rings. The van der Waals surface area contributed by atoms with E-state index in [9.17, 15) is 21.6 Å². The molecule has 1 aromatic heterocycles. The summed E-state index contributed by atoms with van der Waals surface area (Å²) in [6.45, 7) is 2.83. The Morgan fingerprint density at radius 1 is 0.917 bits per heavy atom. The molecule has 0 atom stereocenters. The van der Waals surface area contributed by atoms with E-state index in [0.29, 0.717) is 35.6 Å². The lowest BCUT2D eigenvalue weighted by molar-refractivity contribution is 0.102. The van der Waals surface area contributed by atoms with Crippen LogP contribution in [0.1, 0.15) is 40.9 Å². The molecular formula is C24H27N5O5S2. The van der Waals surface area contributed by atoms with Gasteiger partial charge in [0.15, 0.2) is 0 Å². The summed E-state index contributed by atoms with van der Waals surface area (Å²) in [5.74, 6) is -0.534. The van der Waals surface area contributed by atoms with Crippen LogP contribution in [0.5, 0.6) is 0 Å². The number of amides is 1. The standard InChI is InChI=1S/C24H27N5O5S2/c1-18-13-14-25-24(26-18)28-36(33,34)22-11-9-21(10-12-22)27-23(30)20-7-5-19(6-8-20)17-35(31,32)29-15-3-2-4-16-29/h5-14H,2-4,15-17H2,1H3,(H,27,30)(H,25,26,28). The predicted octanol–water partition coefficient (Wildman–Crippen LogP) is 3.15. The Labute approximate surface area is 210 Å². The van der Waals surface area contributed by atoms with E-state index in [0.717, 1.165) is 19.3 Å². The van der Waals surface area contributed by atoms with E-state index in [1.165, 1.54) is 34.8 Å². The Balaban J connectivity index is 1.37. The molecular weight excluding hydrogens is 502 g/mol. The van der Waals surface area contributed by atoms with Crippen LogP contribution in [-0.2, 0) is 25.8 Å². The number of carbonyl (C=O) groups excluding carboxylic acids is 1. The van der Waals surface area contributed by atoms with Crippen molar-refractivity contribution in [2.75, 3.05) is 23.1 Å². The first-order chi connectivity index (χ1) is 17.1. The molecule has 0 bridgehead atoms. The first-order valence-electron chi connectivity index (χ1n) is 11.4. The van der Waals surface area contributed by atoms with Gasteiger partial charge in [0.05, 0.1) is 10.6 Å². The highest BCUT2D eigenvalue weighted by Crippen LogP contribution is 2.19. The molecule has 36 heavy (non-hydrogen) atoms. The highest BCUT2D eigenvalue weighted by molar-refractivity contribution is 7.92. The molecule has 1 saturated heterocycles. The molecule has 0 unspecified atom stereocenters. The number of hydrogen-bond donors (Lipinski definition) is 2. The van der Waals surface area contributed by atoms with Gasteiger partial charge in [-0.25, -0.2) is 35.8 Å². The molecule has 12 heteroatoms. The van der Waals surface area contributed by atoms with Gasteiger partial charge >= 0.3 is 0 Å². The lowest BCUT2D eigenvalue weighted by Gasteiger charge is -2.25. The van der Waals surface area contributed by atoms with E-state index >= 15 is 0 Å². The molecule has 0 radical (unpaired) electrons. The van der Waals surface area contributed by atoms with Gasteiger partial charge in [-0.3, -0.25) is 4.79 Å². The Kier molecular flexibility index (Phi) is 7.67. The number of benzene rings is 2. The van der Waals surface area contributed by atoms with Crippen LogP contribution >= 0.6 is 0 Å². The lowest BCUT2D eigenvalue weighted by atomic mass is 10.1. The number of sulfonamides is 2. The molecule has 4 rings (SSSR count). The van der Waals surface area contributed by atoms with Gasteiger partial charge in [0, 0.05) is 36.2 Å². The predicted molar refractivity (Wildman–Crippen MR) is 136 cm³/mol. The molecule has 10 nitrogen and oxygen atoms in total. The minimum absolute atomic E-state index is 0.00938. The average molecular weight is 530 g/mol. The third kappa shape index (κ3) is 6.45. The minimum Gasteiger partial charge on any atom is -0.322 e. The van der Waals surface area contributed by atoms with Gasteiger partial charge in [0.1, 0.15) is 0 Å². The number of nitrogens with zero attached hydrogens (tertiary/aromatic N) is 3. The fourth-order valence-electron chi connectivity index (χ4n) is 3.80. The van der Waals surface area contributed by atoms with Gasteiger partial charge in [0.2, 0.25) is 16.0 Å². The zero-order chi connectivity index (χ0) is 25.8. The molecule has 2 N–H and O–H groups in total. The van der Waals surface area contributed by atoms with Crippen LogP contribution in [-0.4, -0.2) is 50.1 Å². The summed E-state index contributed by atoms with van der Waals surface area (Å²) in [6, 6.07) is 13.7. The Morgan fingerprint density at radius 2 is 1.58 bits per heavy atom. The summed E-state index contributed by atoms with van der Waals surface area (Å²) in [7, 11) is -7.28. The Morgan fingerprint density at radius 3 is 2.22 bits per heavy atom. The van der Waals surface area contributed by atoms with Gasteiger partial charge in [-0.2, -0.15) is 0 Å². The van der Waals surface area contributed by atoms with Crippen molar-refractivity contribution in [2.24, 2.45) is 0 Å². The number of carbonyl (C=O) groups is 1. The van der Waals surface area contributed by atoms with Crippen molar-refractivity contribution >= 4 is 37.6 Å². The number of piperidine rings is 1. The summed E-state index contributed by atoms with van der Waals surface area (Å²) in [6.07, 6.45) is 4.26. The maximum atomic E-state index is 12.6. The van der Waals surface area contributed by atoms with Crippen LogP contribution in [0.25, 0.3) is 0 Å². The van der Waals surface area contributed by atoms with Crippen molar-refractivity contribution in [3.05, 3.63) is 77.6 Å². The van der Waals surface area contributed by atoms with Crippen molar-refractivity contribution in [3.8, 4) is 0 Å². The van der Waals surface area contributed by atoms with Gasteiger partial charge in [-0.1, -0.05) is 18.6 Å². The second-order valence-electron chi connectivity index (χ2n) is 8.52. The van der Waals surface area contributed by atoms with E-state index in [2.05, 4.69) is 20.0 Å². The molecule has 0 saturated carbocycles. The zero-order valence-corrected chi connectivity index (χ0v) is 21.3. The van der Waals surface area contributed by atoms with E-state index in [4.69, 9.17) is 0 Å². The molecule has 1 amide bonds. The van der Waals surface area contributed by atoms with Crippen molar-refractivity contribution in [2.45, 2.75) is 36.8 Å². The molecule has 0 aliphatic carbocycles. The first-order valence-corrected chi connectivity index (χ1v) is 14.5. The summed E-state index contributed by atoms with van der Waals surface area (Å²) in [4.78, 5) is 20.5. The van der Waals surface area contributed by atoms with Gasteiger partial charge in [0.25, 0.3) is 15.9 Å². The van der Waals surface area contributed by atoms with Crippen molar-refractivity contribution < 1.29 is 21.6 Å².